The Morgan fingerprint density at radius 1 is 1.03 bits per heavy atom. The fourth-order valence-corrected chi connectivity index (χ4v) is 4.15. The van der Waals surface area contributed by atoms with Gasteiger partial charge in [-0.15, -0.1) is 0 Å². The van der Waals surface area contributed by atoms with E-state index in [1.807, 2.05) is 29.2 Å². The highest BCUT2D eigenvalue weighted by Gasteiger charge is 2.29. The molecule has 1 unspecified atom stereocenters. The quantitative estimate of drug-likeness (QED) is 0.475. The number of anilines is 1. The maximum atomic E-state index is 13.5. The van der Waals surface area contributed by atoms with Crippen molar-refractivity contribution in [2.75, 3.05) is 11.4 Å². The van der Waals surface area contributed by atoms with Gasteiger partial charge in [0.15, 0.2) is 5.82 Å². The molecule has 162 valence electrons. The number of alkyl halides is 2. The number of nitrogens with zero attached hydrogens (tertiary/aromatic N) is 6. The fraction of sp³-hybridized carbons (Fsp3) is 0.261. The maximum absolute atomic E-state index is 13.5. The van der Waals surface area contributed by atoms with Gasteiger partial charge in [0.25, 0.3) is 12.0 Å². The van der Waals surface area contributed by atoms with E-state index in [1.165, 1.54) is 10.7 Å². The van der Waals surface area contributed by atoms with E-state index in [2.05, 4.69) is 20.1 Å². The third-order valence-corrected chi connectivity index (χ3v) is 5.67. The molecule has 0 N–H and O–H groups in total. The summed E-state index contributed by atoms with van der Waals surface area (Å²) in [5, 5.41) is 5.26. The zero-order valence-electron chi connectivity index (χ0n) is 17.1. The van der Waals surface area contributed by atoms with Crippen molar-refractivity contribution in [2.24, 2.45) is 0 Å². The Bertz CT molecular complexity index is 1310. The third-order valence-electron chi connectivity index (χ3n) is 5.67. The van der Waals surface area contributed by atoms with Crippen molar-refractivity contribution in [2.45, 2.75) is 31.9 Å². The minimum Gasteiger partial charge on any atom is -0.351 e. The second kappa shape index (κ2) is 8.41. The lowest BCUT2D eigenvalue weighted by molar-refractivity contribution is 0.141. The second-order valence-corrected chi connectivity index (χ2v) is 7.69. The van der Waals surface area contributed by atoms with Crippen LogP contribution in [-0.4, -0.2) is 37.3 Å². The molecule has 4 heterocycles. The van der Waals surface area contributed by atoms with E-state index < -0.39 is 12.2 Å². The number of fused-ring (bicyclic) bond motifs is 1. The predicted molar refractivity (Wildman–Crippen MR) is 117 cm³/mol. The van der Waals surface area contributed by atoms with E-state index in [0.717, 1.165) is 23.8 Å². The highest BCUT2D eigenvalue weighted by atomic mass is 19.3. The van der Waals surface area contributed by atoms with Crippen molar-refractivity contribution in [3.63, 3.8) is 0 Å². The van der Waals surface area contributed by atoms with Crippen LogP contribution in [0.2, 0.25) is 0 Å². The number of aromatic nitrogens is 5. The summed E-state index contributed by atoms with van der Waals surface area (Å²) >= 11 is 0. The molecule has 0 radical (unpaired) electrons. The Morgan fingerprint density at radius 3 is 2.66 bits per heavy atom. The van der Waals surface area contributed by atoms with Crippen molar-refractivity contribution in [1.29, 1.82) is 0 Å². The molecule has 5 rings (SSSR count). The Morgan fingerprint density at radius 2 is 1.84 bits per heavy atom. The normalized spacial score (nSPS) is 16.2. The standard InChI is InChI=1S/C23H20F2N6O/c24-21(25)22-27-19-6-2-1-5-17(19)23(28-22)30-13-3-4-16(30)14-31-20(32)8-7-18(29-31)15-9-11-26-12-10-15/h1-2,5-12,16,21H,3-4,13-14H2. The lowest BCUT2D eigenvalue weighted by Gasteiger charge is -2.27. The lowest BCUT2D eigenvalue weighted by Crippen LogP contribution is -2.37. The van der Waals surface area contributed by atoms with Crippen LogP contribution in [0.15, 0.2) is 65.7 Å². The Balaban J connectivity index is 1.51. The SMILES string of the molecule is O=c1ccc(-c2ccncc2)nn1CC1CCCN1c1nc(C(F)F)nc2ccccc12. The minimum atomic E-state index is -2.76. The summed E-state index contributed by atoms with van der Waals surface area (Å²) in [5.41, 5.74) is 1.80. The molecular formula is C23H20F2N6O. The lowest BCUT2D eigenvalue weighted by atomic mass is 10.2. The second-order valence-electron chi connectivity index (χ2n) is 7.69. The summed E-state index contributed by atoms with van der Waals surface area (Å²) in [6.07, 6.45) is 2.25. The Kier molecular flexibility index (Phi) is 5.30. The zero-order valence-corrected chi connectivity index (χ0v) is 17.1. The van der Waals surface area contributed by atoms with E-state index in [4.69, 9.17) is 0 Å². The van der Waals surface area contributed by atoms with Crippen molar-refractivity contribution in [1.82, 2.24) is 24.7 Å². The summed E-state index contributed by atoms with van der Waals surface area (Å²) < 4.78 is 28.4. The summed E-state index contributed by atoms with van der Waals surface area (Å²) in [5.74, 6) is -0.00827. The molecule has 0 amide bonds. The number of pyridine rings is 1. The average Bonchev–Trinajstić information content (AvgIpc) is 3.28. The van der Waals surface area contributed by atoms with Crippen LogP contribution >= 0.6 is 0 Å². The molecule has 1 aliphatic heterocycles. The van der Waals surface area contributed by atoms with Gasteiger partial charge < -0.3 is 4.90 Å². The molecule has 32 heavy (non-hydrogen) atoms. The van der Waals surface area contributed by atoms with Gasteiger partial charge in [0.1, 0.15) is 5.82 Å². The smallest absolute Gasteiger partial charge is 0.297 e. The van der Waals surface area contributed by atoms with Crippen LogP contribution in [0.25, 0.3) is 22.2 Å². The molecule has 0 spiro atoms. The molecule has 9 heteroatoms. The average molecular weight is 434 g/mol. The topological polar surface area (TPSA) is 76.8 Å². The van der Waals surface area contributed by atoms with Crippen LogP contribution in [0.3, 0.4) is 0 Å². The van der Waals surface area contributed by atoms with Gasteiger partial charge in [-0.2, -0.15) is 5.10 Å². The highest BCUT2D eigenvalue weighted by Crippen LogP contribution is 2.32. The van der Waals surface area contributed by atoms with Crippen LogP contribution in [0.5, 0.6) is 0 Å². The van der Waals surface area contributed by atoms with Crippen LogP contribution in [-0.2, 0) is 6.54 Å². The number of hydrogen-bond donors (Lipinski definition) is 0. The molecule has 3 aromatic heterocycles. The van der Waals surface area contributed by atoms with Crippen molar-refractivity contribution >= 4 is 16.7 Å². The Hall–Kier alpha value is -3.75. The molecule has 1 atom stereocenters. The zero-order chi connectivity index (χ0) is 22.1. The van der Waals surface area contributed by atoms with Gasteiger partial charge in [-0.25, -0.2) is 23.4 Å². The number of hydrogen-bond acceptors (Lipinski definition) is 6. The summed E-state index contributed by atoms with van der Waals surface area (Å²) in [6.45, 7) is 0.993. The number of benzene rings is 1. The Labute approximate surface area is 182 Å². The highest BCUT2D eigenvalue weighted by molar-refractivity contribution is 5.89. The van der Waals surface area contributed by atoms with Gasteiger partial charge in [0, 0.05) is 36.0 Å². The van der Waals surface area contributed by atoms with E-state index in [9.17, 15) is 13.6 Å². The monoisotopic (exact) mass is 434 g/mol. The molecule has 0 bridgehead atoms. The number of para-hydroxylation sites is 1. The van der Waals surface area contributed by atoms with E-state index in [0.29, 0.717) is 30.1 Å². The third kappa shape index (κ3) is 3.81. The largest absolute Gasteiger partial charge is 0.351 e. The van der Waals surface area contributed by atoms with Gasteiger partial charge in [-0.1, -0.05) is 12.1 Å². The summed E-state index contributed by atoms with van der Waals surface area (Å²) in [6, 6.07) is 13.9. The minimum absolute atomic E-state index is 0.100. The molecule has 1 aromatic carbocycles. The molecule has 4 aromatic rings. The van der Waals surface area contributed by atoms with Crippen LogP contribution in [0.1, 0.15) is 25.1 Å². The first-order valence-electron chi connectivity index (χ1n) is 10.4. The van der Waals surface area contributed by atoms with E-state index >= 15 is 0 Å². The van der Waals surface area contributed by atoms with Crippen molar-refractivity contribution < 1.29 is 8.78 Å². The molecule has 7 nitrogen and oxygen atoms in total. The van der Waals surface area contributed by atoms with E-state index in [1.54, 1.807) is 30.6 Å². The molecular weight excluding hydrogens is 414 g/mol. The maximum Gasteiger partial charge on any atom is 0.297 e. The van der Waals surface area contributed by atoms with Gasteiger partial charge in [0.05, 0.1) is 23.8 Å². The number of halogens is 2. The van der Waals surface area contributed by atoms with Gasteiger partial charge in [-0.05, 0) is 43.2 Å². The number of rotatable bonds is 5. The van der Waals surface area contributed by atoms with Gasteiger partial charge in [0.2, 0.25) is 0 Å². The first-order valence-corrected chi connectivity index (χ1v) is 10.4. The predicted octanol–water partition coefficient (Wildman–Crippen LogP) is 3.86. The first kappa shape index (κ1) is 20.2. The fourth-order valence-electron chi connectivity index (χ4n) is 4.15. The molecule has 0 aliphatic carbocycles. The first-order chi connectivity index (χ1) is 15.6. The van der Waals surface area contributed by atoms with Crippen molar-refractivity contribution in [3.8, 4) is 11.3 Å². The summed E-state index contributed by atoms with van der Waals surface area (Å²) in [7, 11) is 0. The van der Waals surface area contributed by atoms with Gasteiger partial charge >= 0.3 is 0 Å². The molecule has 1 aliphatic rings. The van der Waals surface area contributed by atoms with Gasteiger partial charge in [-0.3, -0.25) is 9.78 Å². The van der Waals surface area contributed by atoms with Crippen LogP contribution in [0, 0.1) is 0 Å². The van der Waals surface area contributed by atoms with Crippen LogP contribution in [0.4, 0.5) is 14.6 Å². The van der Waals surface area contributed by atoms with Crippen molar-refractivity contribution in [3.05, 3.63) is 77.1 Å². The van der Waals surface area contributed by atoms with E-state index in [-0.39, 0.29) is 11.6 Å². The molecule has 1 saturated heterocycles. The molecule has 1 fully saturated rings. The molecule has 0 saturated carbocycles. The van der Waals surface area contributed by atoms with Crippen LogP contribution < -0.4 is 10.5 Å². The summed E-state index contributed by atoms with van der Waals surface area (Å²) in [4.78, 5) is 26.8.